The number of rotatable bonds is 3. The molecule has 0 spiro atoms. The van der Waals surface area contributed by atoms with E-state index in [0.717, 1.165) is 12.1 Å². The van der Waals surface area contributed by atoms with Crippen LogP contribution in [-0.4, -0.2) is 5.71 Å². The molecule has 1 aromatic rings. The number of aryl methyl sites for hydroxylation is 1. The molecule has 0 aliphatic heterocycles. The lowest BCUT2D eigenvalue weighted by atomic mass is 9.83. The molecule has 0 fully saturated rings. The minimum atomic E-state index is 0.171. The molecular weight excluding hydrogens is 278 g/mol. The highest BCUT2D eigenvalue weighted by Gasteiger charge is 2.16. The highest BCUT2D eigenvalue weighted by molar-refractivity contribution is 5.94. The van der Waals surface area contributed by atoms with Crippen LogP contribution in [0.15, 0.2) is 65.8 Å². The summed E-state index contributed by atoms with van der Waals surface area (Å²) in [6.07, 6.45) is 11.4. The average molecular weight is 305 g/mol. The van der Waals surface area contributed by atoms with Gasteiger partial charge >= 0.3 is 0 Å². The molecule has 23 heavy (non-hydrogen) atoms. The van der Waals surface area contributed by atoms with Crippen molar-refractivity contribution in [3.8, 4) is 0 Å². The zero-order chi connectivity index (χ0) is 17.0. The summed E-state index contributed by atoms with van der Waals surface area (Å²) in [5, 5.41) is 0. The molecule has 1 aromatic carbocycles. The molecule has 0 aromatic heterocycles. The number of hydrogen-bond donors (Lipinski definition) is 0. The summed E-state index contributed by atoms with van der Waals surface area (Å²) < 4.78 is 0. The standard InChI is InChI=1S/C22H27N/c1-7-23-17(3)14-18-9-11-19(12-10-18)21-15-20(22(4,5)6)13-8-16(21)2/h7-9,11-15H,1,10H2,2-6H3/b18-14-,23-17-. The second-order valence-corrected chi connectivity index (χ2v) is 7.15. The van der Waals surface area contributed by atoms with Crippen LogP contribution in [-0.2, 0) is 5.41 Å². The van der Waals surface area contributed by atoms with Crippen LogP contribution in [0.2, 0.25) is 0 Å². The zero-order valence-corrected chi connectivity index (χ0v) is 15.0. The molecule has 1 aliphatic rings. The van der Waals surface area contributed by atoms with E-state index in [-0.39, 0.29) is 5.41 Å². The maximum Gasteiger partial charge on any atom is 0.0375 e. The lowest BCUT2D eigenvalue weighted by molar-refractivity contribution is 0.590. The first kappa shape index (κ1) is 17.2. The third-order valence-corrected chi connectivity index (χ3v) is 4.14. The van der Waals surface area contributed by atoms with E-state index in [1.165, 1.54) is 27.8 Å². The highest BCUT2D eigenvalue weighted by atomic mass is 14.7. The highest BCUT2D eigenvalue weighted by Crippen LogP contribution is 2.30. The lowest BCUT2D eigenvalue weighted by Crippen LogP contribution is -2.11. The Morgan fingerprint density at radius 2 is 1.96 bits per heavy atom. The van der Waals surface area contributed by atoms with Crippen LogP contribution in [0.25, 0.3) is 5.57 Å². The minimum absolute atomic E-state index is 0.171. The van der Waals surface area contributed by atoms with E-state index in [2.05, 4.69) is 81.8 Å². The molecule has 0 unspecified atom stereocenters. The number of aliphatic imine (C=N–C) groups is 1. The molecule has 0 saturated heterocycles. The molecule has 0 N–H and O–H groups in total. The Morgan fingerprint density at radius 1 is 1.22 bits per heavy atom. The fourth-order valence-corrected chi connectivity index (χ4v) is 2.72. The van der Waals surface area contributed by atoms with Crippen molar-refractivity contribution in [1.29, 1.82) is 0 Å². The van der Waals surface area contributed by atoms with Crippen LogP contribution >= 0.6 is 0 Å². The number of allylic oxidation sites excluding steroid dienone is 6. The molecule has 0 bridgehead atoms. The molecule has 0 atom stereocenters. The van der Waals surface area contributed by atoms with Gasteiger partial charge in [0.1, 0.15) is 0 Å². The maximum atomic E-state index is 4.20. The normalized spacial score (nSPS) is 17.3. The first-order valence-corrected chi connectivity index (χ1v) is 8.17. The van der Waals surface area contributed by atoms with E-state index in [0.29, 0.717) is 0 Å². The van der Waals surface area contributed by atoms with E-state index in [9.17, 15) is 0 Å². The van der Waals surface area contributed by atoms with Crippen LogP contribution in [0, 0.1) is 6.92 Å². The summed E-state index contributed by atoms with van der Waals surface area (Å²) in [6.45, 7) is 14.6. The molecule has 1 nitrogen and oxygen atoms in total. The Morgan fingerprint density at radius 3 is 2.52 bits per heavy atom. The Bertz CT molecular complexity index is 719. The van der Waals surface area contributed by atoms with Crippen molar-refractivity contribution in [3.05, 3.63) is 77.5 Å². The van der Waals surface area contributed by atoms with E-state index in [4.69, 9.17) is 0 Å². The van der Waals surface area contributed by atoms with Crippen molar-refractivity contribution in [2.45, 2.75) is 46.5 Å². The van der Waals surface area contributed by atoms with E-state index in [1.54, 1.807) is 6.20 Å². The van der Waals surface area contributed by atoms with Gasteiger partial charge in [-0.25, -0.2) is 0 Å². The van der Waals surface area contributed by atoms with E-state index in [1.807, 2.05) is 6.92 Å². The Labute approximate surface area is 140 Å². The van der Waals surface area contributed by atoms with Gasteiger partial charge in [0, 0.05) is 11.9 Å². The fourth-order valence-electron chi connectivity index (χ4n) is 2.72. The Hall–Kier alpha value is -2.15. The molecule has 0 amide bonds. The summed E-state index contributed by atoms with van der Waals surface area (Å²) in [6, 6.07) is 6.81. The van der Waals surface area contributed by atoms with Gasteiger partial charge in [0.25, 0.3) is 0 Å². The van der Waals surface area contributed by atoms with Gasteiger partial charge in [0.2, 0.25) is 0 Å². The van der Waals surface area contributed by atoms with Gasteiger partial charge in [-0.1, -0.05) is 63.8 Å². The van der Waals surface area contributed by atoms with Gasteiger partial charge in [-0.15, -0.1) is 0 Å². The molecule has 0 radical (unpaired) electrons. The van der Waals surface area contributed by atoms with Crippen LogP contribution < -0.4 is 0 Å². The first-order valence-electron chi connectivity index (χ1n) is 8.17. The van der Waals surface area contributed by atoms with Crippen LogP contribution in [0.1, 0.15) is 50.8 Å². The first-order chi connectivity index (χ1) is 10.8. The van der Waals surface area contributed by atoms with Crippen molar-refractivity contribution < 1.29 is 0 Å². The summed E-state index contributed by atoms with van der Waals surface area (Å²) in [5.41, 5.74) is 7.79. The minimum Gasteiger partial charge on any atom is -0.262 e. The molecular formula is C22H27N. The average Bonchev–Trinajstić information content (AvgIpc) is 2.48. The van der Waals surface area contributed by atoms with Gasteiger partial charge in [-0.3, -0.25) is 4.99 Å². The molecule has 2 rings (SSSR count). The van der Waals surface area contributed by atoms with Crippen molar-refractivity contribution in [2.75, 3.05) is 0 Å². The van der Waals surface area contributed by atoms with Crippen molar-refractivity contribution >= 4 is 11.3 Å². The van der Waals surface area contributed by atoms with E-state index >= 15 is 0 Å². The van der Waals surface area contributed by atoms with Gasteiger partial charge < -0.3 is 0 Å². The molecule has 1 heteroatoms. The topological polar surface area (TPSA) is 12.4 Å². The predicted molar refractivity (Wildman–Crippen MR) is 103 cm³/mol. The predicted octanol–water partition coefficient (Wildman–Crippen LogP) is 6.17. The third kappa shape index (κ3) is 4.41. The van der Waals surface area contributed by atoms with Gasteiger partial charge in [0.05, 0.1) is 0 Å². The zero-order valence-electron chi connectivity index (χ0n) is 15.0. The molecule has 0 saturated carbocycles. The Balaban J connectivity index is 2.29. The quantitative estimate of drug-likeness (QED) is 0.592. The second kappa shape index (κ2) is 6.95. The summed E-state index contributed by atoms with van der Waals surface area (Å²) in [5.74, 6) is 0. The van der Waals surface area contributed by atoms with Crippen LogP contribution in [0.3, 0.4) is 0 Å². The van der Waals surface area contributed by atoms with Crippen LogP contribution in [0.5, 0.6) is 0 Å². The maximum absolute atomic E-state index is 4.20. The summed E-state index contributed by atoms with van der Waals surface area (Å²) in [4.78, 5) is 4.20. The van der Waals surface area contributed by atoms with Gasteiger partial charge in [-0.2, -0.15) is 0 Å². The molecule has 120 valence electrons. The smallest absolute Gasteiger partial charge is 0.0375 e. The SMILES string of the molecule is C=C/N=C(C)\C=C1\C=CC(c2cc(C(C)(C)C)ccc2C)=CC1. The monoisotopic (exact) mass is 305 g/mol. The van der Waals surface area contributed by atoms with Crippen molar-refractivity contribution in [3.63, 3.8) is 0 Å². The van der Waals surface area contributed by atoms with E-state index < -0.39 is 0 Å². The fraction of sp³-hybridized carbons (Fsp3) is 0.318. The molecule has 0 heterocycles. The lowest BCUT2D eigenvalue weighted by Gasteiger charge is -2.22. The molecule has 1 aliphatic carbocycles. The van der Waals surface area contributed by atoms with Gasteiger partial charge in [0.15, 0.2) is 0 Å². The summed E-state index contributed by atoms with van der Waals surface area (Å²) in [7, 11) is 0. The largest absolute Gasteiger partial charge is 0.262 e. The second-order valence-electron chi connectivity index (χ2n) is 7.15. The number of hydrogen-bond acceptors (Lipinski definition) is 1. The summed E-state index contributed by atoms with van der Waals surface area (Å²) >= 11 is 0. The van der Waals surface area contributed by atoms with Crippen molar-refractivity contribution in [2.24, 2.45) is 4.99 Å². The third-order valence-electron chi connectivity index (χ3n) is 4.14. The van der Waals surface area contributed by atoms with Crippen molar-refractivity contribution in [1.82, 2.24) is 0 Å². The Kier molecular flexibility index (Phi) is 5.20. The van der Waals surface area contributed by atoms with Gasteiger partial charge in [-0.05, 0) is 59.6 Å². The number of nitrogens with zero attached hydrogens (tertiary/aromatic N) is 1. The van der Waals surface area contributed by atoms with Crippen LogP contribution in [0.4, 0.5) is 0 Å². The number of benzene rings is 1.